The molecule has 4 nitrogen and oxygen atoms in total. The van der Waals surface area contributed by atoms with Gasteiger partial charge in [-0.05, 0) is 52.4 Å². The number of amides is 2. The Bertz CT molecular complexity index is 1480. The summed E-state index contributed by atoms with van der Waals surface area (Å²) < 4.78 is 6.00. The zero-order valence-electron chi connectivity index (χ0n) is 18.4. The molecule has 0 spiro atoms. The predicted molar refractivity (Wildman–Crippen MR) is 143 cm³/mol. The van der Waals surface area contributed by atoms with Crippen LogP contribution >= 0.6 is 35.0 Å². The normalized spacial score (nSPS) is 14.8. The molecule has 0 N–H and O–H groups in total. The van der Waals surface area contributed by atoms with Crippen LogP contribution in [0, 0.1) is 0 Å². The minimum Gasteiger partial charge on any atom is -0.488 e. The average molecular weight is 520 g/mol. The second-order valence-corrected chi connectivity index (χ2v) is 9.81. The van der Waals surface area contributed by atoms with E-state index in [1.165, 1.54) is 4.90 Å². The molecule has 1 aliphatic heterocycles. The van der Waals surface area contributed by atoms with Crippen molar-refractivity contribution in [1.29, 1.82) is 0 Å². The largest absolute Gasteiger partial charge is 0.488 e. The number of hydrogen-bond acceptors (Lipinski definition) is 4. The zero-order chi connectivity index (χ0) is 24.4. The molecule has 4 aromatic carbocycles. The Hall–Kier alpha value is -3.25. The fourth-order valence-electron chi connectivity index (χ4n) is 3.90. The Morgan fingerprint density at radius 3 is 2.49 bits per heavy atom. The summed E-state index contributed by atoms with van der Waals surface area (Å²) >= 11 is 13.2. The van der Waals surface area contributed by atoms with E-state index in [1.807, 2.05) is 72.8 Å². The van der Waals surface area contributed by atoms with Crippen molar-refractivity contribution in [2.24, 2.45) is 0 Å². The molecular formula is C28H19Cl2NO3S. The van der Waals surface area contributed by atoms with E-state index in [0.29, 0.717) is 26.3 Å². The van der Waals surface area contributed by atoms with E-state index in [4.69, 9.17) is 27.9 Å². The maximum absolute atomic E-state index is 13.2. The van der Waals surface area contributed by atoms with E-state index in [0.717, 1.165) is 33.7 Å². The molecule has 1 saturated heterocycles. The summed E-state index contributed by atoms with van der Waals surface area (Å²) in [4.78, 5) is 27.6. The van der Waals surface area contributed by atoms with Gasteiger partial charge in [0.15, 0.2) is 0 Å². The minimum atomic E-state index is -0.316. The first kappa shape index (κ1) is 23.5. The number of benzene rings is 4. The molecule has 7 heteroatoms. The van der Waals surface area contributed by atoms with Crippen LogP contribution in [-0.2, 0) is 17.9 Å². The lowest BCUT2D eigenvalue weighted by Crippen LogP contribution is -2.27. The summed E-state index contributed by atoms with van der Waals surface area (Å²) in [5.74, 6) is 0.267. The second kappa shape index (κ2) is 10.2. The number of carbonyl (C=O) groups excluding carboxylic acids is 2. The molecule has 35 heavy (non-hydrogen) atoms. The Morgan fingerprint density at radius 1 is 0.857 bits per heavy atom. The molecule has 0 unspecified atom stereocenters. The van der Waals surface area contributed by atoms with Crippen LogP contribution in [0.25, 0.3) is 16.8 Å². The van der Waals surface area contributed by atoms with E-state index in [9.17, 15) is 9.59 Å². The molecule has 1 aliphatic rings. The van der Waals surface area contributed by atoms with Gasteiger partial charge in [-0.2, -0.15) is 0 Å². The Kier molecular flexibility index (Phi) is 6.82. The number of halogens is 2. The number of thioether (sulfide) groups is 1. The van der Waals surface area contributed by atoms with Crippen LogP contribution in [0.5, 0.6) is 5.75 Å². The minimum absolute atomic E-state index is 0.219. The topological polar surface area (TPSA) is 46.6 Å². The maximum atomic E-state index is 13.2. The fraction of sp³-hybridized carbons (Fsp3) is 0.0714. The van der Waals surface area contributed by atoms with Gasteiger partial charge in [0, 0.05) is 21.2 Å². The first-order chi connectivity index (χ1) is 17.0. The highest BCUT2D eigenvalue weighted by Crippen LogP contribution is 2.36. The van der Waals surface area contributed by atoms with Crippen molar-refractivity contribution in [3.8, 4) is 5.75 Å². The first-order valence-electron chi connectivity index (χ1n) is 10.9. The van der Waals surface area contributed by atoms with Crippen LogP contribution in [0.3, 0.4) is 0 Å². The van der Waals surface area contributed by atoms with Crippen LogP contribution in [0.2, 0.25) is 10.0 Å². The third kappa shape index (κ3) is 5.08. The number of para-hydroxylation sites is 1. The molecule has 0 aromatic heterocycles. The smallest absolute Gasteiger partial charge is 0.293 e. The molecule has 1 fully saturated rings. The molecule has 4 aromatic rings. The fourth-order valence-corrected chi connectivity index (χ4v) is 5.20. The molecule has 5 rings (SSSR count). The molecular weight excluding hydrogens is 501 g/mol. The van der Waals surface area contributed by atoms with Crippen molar-refractivity contribution in [2.45, 2.75) is 13.2 Å². The van der Waals surface area contributed by atoms with E-state index >= 15 is 0 Å². The van der Waals surface area contributed by atoms with Crippen molar-refractivity contribution in [2.75, 3.05) is 0 Å². The number of hydrogen-bond donors (Lipinski definition) is 0. The van der Waals surface area contributed by atoms with Crippen molar-refractivity contribution < 1.29 is 14.3 Å². The Balaban J connectivity index is 1.37. The van der Waals surface area contributed by atoms with Crippen LogP contribution in [0.15, 0.2) is 89.8 Å². The highest BCUT2D eigenvalue weighted by atomic mass is 35.5. The number of ether oxygens (including phenoxy) is 1. The predicted octanol–water partition coefficient (Wildman–Crippen LogP) is 7.96. The van der Waals surface area contributed by atoms with Gasteiger partial charge in [-0.15, -0.1) is 0 Å². The second-order valence-electron chi connectivity index (χ2n) is 7.97. The summed E-state index contributed by atoms with van der Waals surface area (Å²) in [6.45, 7) is 0.458. The zero-order valence-corrected chi connectivity index (χ0v) is 20.7. The van der Waals surface area contributed by atoms with Crippen molar-refractivity contribution in [1.82, 2.24) is 4.90 Å². The number of imide groups is 1. The summed E-state index contributed by atoms with van der Waals surface area (Å²) in [5, 5.41) is 2.88. The summed E-state index contributed by atoms with van der Waals surface area (Å²) in [6.07, 6.45) is 1.70. The van der Waals surface area contributed by atoms with Crippen LogP contribution in [-0.4, -0.2) is 16.0 Å². The quantitative estimate of drug-likeness (QED) is 0.242. The molecule has 2 amide bonds. The van der Waals surface area contributed by atoms with Crippen molar-refractivity contribution in [3.05, 3.63) is 117 Å². The van der Waals surface area contributed by atoms with Crippen molar-refractivity contribution in [3.63, 3.8) is 0 Å². The first-order valence-corrected chi connectivity index (χ1v) is 12.4. The van der Waals surface area contributed by atoms with E-state index in [1.54, 1.807) is 18.2 Å². The van der Waals surface area contributed by atoms with Gasteiger partial charge in [-0.1, -0.05) is 89.9 Å². The van der Waals surface area contributed by atoms with Gasteiger partial charge in [0.25, 0.3) is 11.1 Å². The van der Waals surface area contributed by atoms with Gasteiger partial charge in [-0.25, -0.2) is 0 Å². The number of fused-ring (bicyclic) bond motifs is 1. The van der Waals surface area contributed by atoms with Crippen LogP contribution in [0.4, 0.5) is 4.79 Å². The van der Waals surface area contributed by atoms with Crippen LogP contribution in [0.1, 0.15) is 16.7 Å². The van der Waals surface area contributed by atoms with Gasteiger partial charge in [-0.3, -0.25) is 14.5 Å². The lowest BCUT2D eigenvalue weighted by Gasteiger charge is -2.14. The summed E-state index contributed by atoms with van der Waals surface area (Å²) in [6, 6.07) is 26.4. The molecule has 0 aliphatic carbocycles. The van der Waals surface area contributed by atoms with Gasteiger partial charge in [0.2, 0.25) is 0 Å². The lowest BCUT2D eigenvalue weighted by molar-refractivity contribution is -0.123. The molecule has 174 valence electrons. The maximum Gasteiger partial charge on any atom is 0.293 e. The highest BCUT2D eigenvalue weighted by Gasteiger charge is 2.35. The third-order valence-corrected chi connectivity index (χ3v) is 7.18. The molecule has 0 saturated carbocycles. The van der Waals surface area contributed by atoms with Gasteiger partial charge in [0.1, 0.15) is 12.4 Å². The highest BCUT2D eigenvalue weighted by molar-refractivity contribution is 8.18. The molecule has 1 heterocycles. The third-order valence-electron chi connectivity index (χ3n) is 5.69. The van der Waals surface area contributed by atoms with Crippen LogP contribution < -0.4 is 4.74 Å². The number of rotatable bonds is 6. The lowest BCUT2D eigenvalue weighted by atomic mass is 10.0. The molecule has 0 radical (unpaired) electrons. The van der Waals surface area contributed by atoms with Crippen molar-refractivity contribution >= 4 is 63.0 Å². The van der Waals surface area contributed by atoms with Gasteiger partial charge < -0.3 is 4.74 Å². The number of carbonyl (C=O) groups is 2. The average Bonchev–Trinajstić information content (AvgIpc) is 3.12. The number of nitrogens with zero attached hydrogens (tertiary/aromatic N) is 1. The van der Waals surface area contributed by atoms with E-state index < -0.39 is 0 Å². The van der Waals surface area contributed by atoms with E-state index in [2.05, 4.69) is 0 Å². The van der Waals surface area contributed by atoms with E-state index in [-0.39, 0.29) is 24.3 Å². The Labute approximate surface area is 217 Å². The summed E-state index contributed by atoms with van der Waals surface area (Å²) in [5.41, 5.74) is 2.42. The standard InChI is InChI=1S/C28H19Cl2NO3S/c29-22-13-12-21(24(30)15-22)17-34-25-11-4-2-7-19(25)14-26-27(32)31(28(33)35-26)16-20-9-5-8-18-6-1-3-10-23(18)20/h1-15H,16-17H2/b26-14-. The van der Waals surface area contributed by atoms with Gasteiger partial charge in [0.05, 0.1) is 11.4 Å². The summed E-state index contributed by atoms with van der Waals surface area (Å²) in [7, 11) is 0. The molecule has 0 atom stereocenters. The van der Waals surface area contributed by atoms with Gasteiger partial charge >= 0.3 is 0 Å². The monoisotopic (exact) mass is 519 g/mol. The molecule has 0 bridgehead atoms. The Morgan fingerprint density at radius 2 is 1.63 bits per heavy atom. The SMILES string of the molecule is O=C1S/C(=C\c2ccccc2OCc2ccc(Cl)cc2Cl)C(=O)N1Cc1cccc2ccccc12.